The van der Waals surface area contributed by atoms with Gasteiger partial charge in [-0.3, -0.25) is 14.8 Å². The monoisotopic (exact) mass is 362 g/mol. The van der Waals surface area contributed by atoms with Crippen LogP contribution in [0.25, 0.3) is 0 Å². The van der Waals surface area contributed by atoms with Gasteiger partial charge >= 0.3 is 0 Å². The highest BCUT2D eigenvalue weighted by Crippen LogP contribution is 2.19. The van der Waals surface area contributed by atoms with Crippen molar-refractivity contribution in [3.05, 3.63) is 95.6 Å². The summed E-state index contributed by atoms with van der Waals surface area (Å²) in [5.41, 5.74) is 4.02. The lowest BCUT2D eigenvalue weighted by atomic mass is 10.1. The molecule has 0 aromatic heterocycles. The summed E-state index contributed by atoms with van der Waals surface area (Å²) in [5.74, 6) is -0.145. The third-order valence-electron chi connectivity index (χ3n) is 3.85. The zero-order valence-electron chi connectivity index (χ0n) is 14.4. The number of hydroxylamine groups is 1. The van der Waals surface area contributed by atoms with Crippen LogP contribution >= 0.6 is 0 Å². The number of carbonyl (C=O) groups is 2. The van der Waals surface area contributed by atoms with Crippen LogP contribution in [0.3, 0.4) is 0 Å². The van der Waals surface area contributed by atoms with Gasteiger partial charge in [-0.1, -0.05) is 36.4 Å². The second-order valence-corrected chi connectivity index (χ2v) is 5.77. The Labute approximate surface area is 156 Å². The smallest absolute Gasteiger partial charge is 0.274 e. The van der Waals surface area contributed by atoms with Crippen LogP contribution in [-0.4, -0.2) is 17.0 Å². The van der Waals surface area contributed by atoms with Gasteiger partial charge in [-0.15, -0.1) is 0 Å². The number of ether oxygens (including phenoxy) is 1. The van der Waals surface area contributed by atoms with Crippen LogP contribution in [0.4, 0.5) is 5.69 Å². The van der Waals surface area contributed by atoms with Crippen molar-refractivity contribution in [2.75, 3.05) is 5.32 Å². The zero-order chi connectivity index (χ0) is 19.1. The Morgan fingerprint density at radius 1 is 0.815 bits per heavy atom. The first-order chi connectivity index (χ1) is 13.2. The lowest BCUT2D eigenvalue weighted by Gasteiger charge is -2.10. The first kappa shape index (κ1) is 18.2. The second-order valence-electron chi connectivity index (χ2n) is 5.77. The molecular weight excluding hydrogens is 344 g/mol. The number of nitrogens with one attached hydrogen (secondary N) is 2. The minimum atomic E-state index is -0.565. The molecule has 0 saturated heterocycles. The molecular formula is C21H18N2O4. The topological polar surface area (TPSA) is 87.7 Å². The van der Waals surface area contributed by atoms with E-state index in [2.05, 4.69) is 5.32 Å². The van der Waals surface area contributed by atoms with E-state index in [4.69, 9.17) is 9.94 Å². The normalized spacial score (nSPS) is 10.1. The van der Waals surface area contributed by atoms with Crippen molar-refractivity contribution >= 4 is 17.5 Å². The summed E-state index contributed by atoms with van der Waals surface area (Å²) in [5, 5.41) is 11.5. The molecule has 6 heteroatoms. The van der Waals surface area contributed by atoms with Gasteiger partial charge in [-0.2, -0.15) is 0 Å². The van der Waals surface area contributed by atoms with Gasteiger partial charge in [-0.25, -0.2) is 5.48 Å². The molecule has 6 nitrogen and oxygen atoms in total. The minimum Gasteiger partial charge on any atom is -0.489 e. The summed E-state index contributed by atoms with van der Waals surface area (Å²) in [6.45, 7) is 0.303. The molecule has 0 saturated carbocycles. The van der Waals surface area contributed by atoms with Gasteiger partial charge in [0, 0.05) is 22.9 Å². The van der Waals surface area contributed by atoms with E-state index in [1.807, 2.05) is 18.2 Å². The molecule has 0 aliphatic heterocycles. The Morgan fingerprint density at radius 3 is 2.22 bits per heavy atom. The molecule has 0 aliphatic carbocycles. The van der Waals surface area contributed by atoms with Crippen molar-refractivity contribution in [3.63, 3.8) is 0 Å². The molecule has 3 N–H and O–H groups in total. The van der Waals surface area contributed by atoms with Gasteiger partial charge in [0.1, 0.15) is 12.4 Å². The Balaban J connectivity index is 1.61. The summed E-state index contributed by atoms with van der Waals surface area (Å²) in [6, 6.07) is 22.8. The maximum absolute atomic E-state index is 12.2. The fourth-order valence-corrected chi connectivity index (χ4v) is 2.44. The molecule has 136 valence electrons. The van der Waals surface area contributed by atoms with E-state index in [0.29, 0.717) is 29.2 Å². The van der Waals surface area contributed by atoms with Crippen LogP contribution in [0.1, 0.15) is 26.3 Å². The third kappa shape index (κ3) is 4.93. The van der Waals surface area contributed by atoms with E-state index in [9.17, 15) is 9.59 Å². The van der Waals surface area contributed by atoms with Gasteiger partial charge < -0.3 is 10.1 Å². The van der Waals surface area contributed by atoms with E-state index < -0.39 is 5.91 Å². The fourth-order valence-electron chi connectivity index (χ4n) is 2.44. The molecule has 2 amide bonds. The SMILES string of the molecule is O=C(NO)c1ccc(COc2cccc(NC(=O)c3ccccc3)c2)cc1. The molecule has 0 unspecified atom stereocenters. The number of anilines is 1. The Morgan fingerprint density at radius 2 is 1.52 bits per heavy atom. The van der Waals surface area contributed by atoms with E-state index >= 15 is 0 Å². The molecule has 3 aromatic rings. The highest BCUT2D eigenvalue weighted by molar-refractivity contribution is 6.04. The first-order valence-electron chi connectivity index (χ1n) is 8.28. The molecule has 0 heterocycles. The summed E-state index contributed by atoms with van der Waals surface area (Å²) >= 11 is 0. The highest BCUT2D eigenvalue weighted by Gasteiger charge is 2.07. The zero-order valence-corrected chi connectivity index (χ0v) is 14.4. The van der Waals surface area contributed by atoms with Crippen molar-refractivity contribution in [1.82, 2.24) is 5.48 Å². The molecule has 3 rings (SSSR count). The van der Waals surface area contributed by atoms with Crippen LogP contribution in [-0.2, 0) is 6.61 Å². The van der Waals surface area contributed by atoms with Crippen molar-refractivity contribution in [3.8, 4) is 5.75 Å². The molecule has 0 bridgehead atoms. The number of benzene rings is 3. The quantitative estimate of drug-likeness (QED) is 0.461. The Kier molecular flexibility index (Phi) is 5.81. The van der Waals surface area contributed by atoms with E-state index in [0.717, 1.165) is 5.56 Å². The lowest BCUT2D eigenvalue weighted by Crippen LogP contribution is -2.18. The molecule has 27 heavy (non-hydrogen) atoms. The largest absolute Gasteiger partial charge is 0.489 e. The number of amides is 2. The van der Waals surface area contributed by atoms with Crippen molar-refractivity contribution < 1.29 is 19.5 Å². The number of rotatable bonds is 6. The van der Waals surface area contributed by atoms with Crippen LogP contribution in [0, 0.1) is 0 Å². The van der Waals surface area contributed by atoms with Gasteiger partial charge in [0.05, 0.1) is 0 Å². The van der Waals surface area contributed by atoms with Crippen LogP contribution in [0.5, 0.6) is 5.75 Å². The summed E-state index contributed by atoms with van der Waals surface area (Å²) in [6.07, 6.45) is 0. The Hall–Kier alpha value is -3.64. The van der Waals surface area contributed by atoms with Crippen molar-refractivity contribution in [2.24, 2.45) is 0 Å². The number of hydrogen-bond acceptors (Lipinski definition) is 4. The van der Waals surface area contributed by atoms with E-state index in [1.165, 1.54) is 0 Å². The van der Waals surface area contributed by atoms with Gasteiger partial charge in [0.25, 0.3) is 11.8 Å². The molecule has 0 aliphatic rings. The maximum Gasteiger partial charge on any atom is 0.274 e. The van der Waals surface area contributed by atoms with Crippen LogP contribution in [0.2, 0.25) is 0 Å². The fraction of sp³-hybridized carbons (Fsp3) is 0.0476. The molecule has 3 aromatic carbocycles. The molecule has 0 atom stereocenters. The predicted octanol–water partition coefficient (Wildman–Crippen LogP) is 3.64. The van der Waals surface area contributed by atoms with Crippen molar-refractivity contribution in [2.45, 2.75) is 6.61 Å². The number of carbonyl (C=O) groups excluding carboxylic acids is 2. The van der Waals surface area contributed by atoms with Crippen molar-refractivity contribution in [1.29, 1.82) is 0 Å². The summed E-state index contributed by atoms with van der Waals surface area (Å²) in [7, 11) is 0. The highest BCUT2D eigenvalue weighted by atomic mass is 16.5. The van der Waals surface area contributed by atoms with E-state index in [1.54, 1.807) is 66.1 Å². The molecule has 0 radical (unpaired) electrons. The molecule has 0 fully saturated rings. The molecule has 0 spiro atoms. The van der Waals surface area contributed by atoms with E-state index in [-0.39, 0.29) is 5.91 Å². The number of hydrogen-bond donors (Lipinski definition) is 3. The minimum absolute atomic E-state index is 0.189. The second kappa shape index (κ2) is 8.64. The summed E-state index contributed by atoms with van der Waals surface area (Å²) in [4.78, 5) is 23.5. The standard InChI is InChI=1S/C21H18N2O4/c24-20(16-5-2-1-3-6-16)22-18-7-4-8-19(13-18)27-14-15-9-11-17(12-10-15)21(25)23-26/h1-13,26H,14H2,(H,22,24)(H,23,25). The first-order valence-corrected chi connectivity index (χ1v) is 8.28. The third-order valence-corrected chi connectivity index (χ3v) is 3.85. The maximum atomic E-state index is 12.2. The average molecular weight is 362 g/mol. The average Bonchev–Trinajstić information content (AvgIpc) is 2.73. The van der Waals surface area contributed by atoms with Gasteiger partial charge in [0.15, 0.2) is 0 Å². The van der Waals surface area contributed by atoms with Gasteiger partial charge in [-0.05, 0) is 42.0 Å². The predicted molar refractivity (Wildman–Crippen MR) is 101 cm³/mol. The lowest BCUT2D eigenvalue weighted by molar-refractivity contribution is 0.0706. The Bertz CT molecular complexity index is 924. The van der Waals surface area contributed by atoms with Gasteiger partial charge in [0.2, 0.25) is 0 Å². The van der Waals surface area contributed by atoms with Crippen LogP contribution < -0.4 is 15.5 Å². The van der Waals surface area contributed by atoms with Crippen LogP contribution in [0.15, 0.2) is 78.9 Å². The summed E-state index contributed by atoms with van der Waals surface area (Å²) < 4.78 is 5.75.